The van der Waals surface area contributed by atoms with Crippen LogP contribution < -0.4 is 10.1 Å². The van der Waals surface area contributed by atoms with Gasteiger partial charge in [0.25, 0.3) is 5.19 Å². The number of thiazole rings is 1. The molecule has 2 aromatic rings. The van der Waals surface area contributed by atoms with Crippen LogP contribution in [0, 0.1) is 0 Å². The highest BCUT2D eigenvalue weighted by Gasteiger charge is 2.24. The summed E-state index contributed by atoms with van der Waals surface area (Å²) >= 11 is 1.58. The molecule has 0 bridgehead atoms. The van der Waals surface area contributed by atoms with Gasteiger partial charge >= 0.3 is 6.03 Å². The van der Waals surface area contributed by atoms with Crippen molar-refractivity contribution in [1.82, 2.24) is 15.2 Å². The van der Waals surface area contributed by atoms with E-state index < -0.39 is 0 Å². The average molecular weight is 305 g/mol. The summed E-state index contributed by atoms with van der Waals surface area (Å²) in [6, 6.07) is 8.07. The molecule has 1 aliphatic heterocycles. The molecule has 1 aliphatic rings. The largest absolute Gasteiger partial charge is 0.467 e. The average Bonchev–Trinajstić information content (AvgIpc) is 2.90. The van der Waals surface area contributed by atoms with Gasteiger partial charge in [-0.15, -0.1) is 0 Å². The Morgan fingerprint density at radius 1 is 1.43 bits per heavy atom. The maximum Gasteiger partial charge on any atom is 0.317 e. The Morgan fingerprint density at radius 3 is 2.90 bits per heavy atom. The van der Waals surface area contributed by atoms with Crippen molar-refractivity contribution >= 4 is 27.6 Å². The molecule has 0 spiro atoms. The number of carbonyl (C=O) groups is 1. The number of rotatable bonds is 3. The lowest BCUT2D eigenvalue weighted by Crippen LogP contribution is -2.46. The minimum absolute atomic E-state index is 0.0240. The molecule has 1 N–H and O–H groups in total. The number of urea groups is 1. The van der Waals surface area contributed by atoms with E-state index in [1.807, 2.05) is 30.0 Å². The van der Waals surface area contributed by atoms with E-state index in [0.29, 0.717) is 6.54 Å². The summed E-state index contributed by atoms with van der Waals surface area (Å²) in [5.74, 6) is 0. The molecule has 0 atom stereocenters. The minimum Gasteiger partial charge on any atom is -0.467 e. The number of benzene rings is 1. The fourth-order valence-corrected chi connectivity index (χ4v) is 3.37. The van der Waals surface area contributed by atoms with Crippen LogP contribution in [-0.4, -0.2) is 41.7 Å². The van der Waals surface area contributed by atoms with Gasteiger partial charge in [0.05, 0.1) is 10.2 Å². The summed E-state index contributed by atoms with van der Waals surface area (Å²) in [6.45, 7) is 4.07. The summed E-state index contributed by atoms with van der Waals surface area (Å²) in [7, 11) is 0. The van der Waals surface area contributed by atoms with Gasteiger partial charge in [-0.05, 0) is 19.1 Å². The Morgan fingerprint density at radius 2 is 2.19 bits per heavy atom. The van der Waals surface area contributed by atoms with Crippen LogP contribution in [0.5, 0.6) is 5.19 Å². The van der Waals surface area contributed by atoms with E-state index in [-0.39, 0.29) is 12.1 Å². The maximum atomic E-state index is 11.7. The summed E-state index contributed by atoms with van der Waals surface area (Å²) in [5.41, 5.74) is 0.984. The second-order valence-electron chi connectivity index (χ2n) is 5.09. The Kier molecular flexibility index (Phi) is 4.24. The number of nitrogens with one attached hydrogen (secondary N) is 1. The number of carbonyl (C=O) groups excluding carboxylic acids is 1. The first kappa shape index (κ1) is 14.1. The van der Waals surface area contributed by atoms with Crippen molar-refractivity contribution in [3.8, 4) is 5.19 Å². The van der Waals surface area contributed by atoms with Crippen LogP contribution >= 0.6 is 11.3 Å². The second kappa shape index (κ2) is 6.30. The van der Waals surface area contributed by atoms with E-state index >= 15 is 0 Å². The van der Waals surface area contributed by atoms with Gasteiger partial charge in [0.2, 0.25) is 0 Å². The van der Waals surface area contributed by atoms with E-state index in [1.165, 1.54) is 0 Å². The summed E-state index contributed by atoms with van der Waals surface area (Å²) in [6.07, 6.45) is 1.86. The lowest BCUT2D eigenvalue weighted by atomic mass is 10.1. The molecule has 1 aromatic carbocycles. The van der Waals surface area contributed by atoms with Gasteiger partial charge in [0.1, 0.15) is 6.10 Å². The van der Waals surface area contributed by atoms with Crippen molar-refractivity contribution in [2.24, 2.45) is 0 Å². The van der Waals surface area contributed by atoms with Crippen LogP contribution in [0.4, 0.5) is 4.79 Å². The van der Waals surface area contributed by atoms with Crippen molar-refractivity contribution < 1.29 is 9.53 Å². The van der Waals surface area contributed by atoms with Crippen molar-refractivity contribution in [3.05, 3.63) is 24.3 Å². The van der Waals surface area contributed by atoms with Gasteiger partial charge in [-0.2, -0.15) is 0 Å². The number of nitrogens with zero attached hydrogens (tertiary/aromatic N) is 2. The van der Waals surface area contributed by atoms with Crippen LogP contribution in [0.1, 0.15) is 19.8 Å². The first-order chi connectivity index (χ1) is 10.3. The van der Waals surface area contributed by atoms with Gasteiger partial charge in [-0.1, -0.05) is 23.5 Å². The van der Waals surface area contributed by atoms with Crippen molar-refractivity contribution in [3.63, 3.8) is 0 Å². The zero-order chi connectivity index (χ0) is 14.7. The van der Waals surface area contributed by atoms with E-state index in [9.17, 15) is 4.79 Å². The number of fused-ring (bicyclic) bond motifs is 1. The van der Waals surface area contributed by atoms with Crippen LogP contribution in [-0.2, 0) is 0 Å². The van der Waals surface area contributed by atoms with E-state index in [2.05, 4.69) is 16.4 Å². The van der Waals surface area contributed by atoms with Gasteiger partial charge in [0.15, 0.2) is 0 Å². The van der Waals surface area contributed by atoms with Crippen LogP contribution in [0.3, 0.4) is 0 Å². The highest BCUT2D eigenvalue weighted by Crippen LogP contribution is 2.29. The molecule has 0 aliphatic carbocycles. The fourth-order valence-electron chi connectivity index (χ4n) is 2.48. The minimum atomic E-state index is 0.0240. The van der Waals surface area contributed by atoms with E-state index in [1.54, 1.807) is 11.3 Å². The third-order valence-electron chi connectivity index (χ3n) is 3.60. The predicted octanol–water partition coefficient (Wildman–Crippen LogP) is 2.87. The monoisotopic (exact) mass is 305 g/mol. The number of amides is 2. The molecule has 112 valence electrons. The fraction of sp³-hybridized carbons (Fsp3) is 0.467. The van der Waals surface area contributed by atoms with E-state index in [4.69, 9.17) is 4.74 Å². The molecule has 0 saturated carbocycles. The number of ether oxygens (including phenoxy) is 1. The first-order valence-electron chi connectivity index (χ1n) is 7.31. The molecule has 6 heteroatoms. The molecule has 1 aromatic heterocycles. The molecule has 1 fully saturated rings. The van der Waals surface area contributed by atoms with Crippen LogP contribution in [0.25, 0.3) is 10.2 Å². The Hall–Kier alpha value is -1.82. The van der Waals surface area contributed by atoms with Crippen molar-refractivity contribution in [2.45, 2.75) is 25.9 Å². The molecule has 0 unspecified atom stereocenters. The zero-order valence-electron chi connectivity index (χ0n) is 12.0. The van der Waals surface area contributed by atoms with Gasteiger partial charge in [-0.25, -0.2) is 9.78 Å². The lowest BCUT2D eigenvalue weighted by molar-refractivity contribution is 0.111. The second-order valence-corrected chi connectivity index (χ2v) is 6.08. The SMILES string of the molecule is CCNC(=O)N1CCC(Oc2nc3ccccc3s2)CC1. The zero-order valence-corrected chi connectivity index (χ0v) is 12.9. The quantitative estimate of drug-likeness (QED) is 0.948. The molecular formula is C15H19N3O2S. The number of hydrogen-bond acceptors (Lipinski definition) is 4. The third kappa shape index (κ3) is 3.26. The number of piperidine rings is 1. The maximum absolute atomic E-state index is 11.7. The first-order valence-corrected chi connectivity index (χ1v) is 8.13. The molecule has 3 rings (SSSR count). The highest BCUT2D eigenvalue weighted by atomic mass is 32.1. The molecule has 2 heterocycles. The summed E-state index contributed by atoms with van der Waals surface area (Å²) in [5, 5.41) is 3.56. The van der Waals surface area contributed by atoms with Crippen LogP contribution in [0.15, 0.2) is 24.3 Å². The van der Waals surface area contributed by atoms with Crippen molar-refractivity contribution in [1.29, 1.82) is 0 Å². The topological polar surface area (TPSA) is 54.5 Å². The summed E-state index contributed by atoms with van der Waals surface area (Å²) < 4.78 is 7.12. The molecule has 0 radical (unpaired) electrons. The molecular weight excluding hydrogens is 286 g/mol. The highest BCUT2D eigenvalue weighted by molar-refractivity contribution is 7.20. The smallest absolute Gasteiger partial charge is 0.317 e. The third-order valence-corrected chi connectivity index (χ3v) is 4.53. The number of para-hydroxylation sites is 1. The van der Waals surface area contributed by atoms with Crippen LogP contribution in [0.2, 0.25) is 0 Å². The standard InChI is InChI=1S/C15H19N3O2S/c1-2-16-14(19)18-9-7-11(8-10-18)20-15-17-12-5-3-4-6-13(12)21-15/h3-6,11H,2,7-10H2,1H3,(H,16,19). The molecule has 5 nitrogen and oxygen atoms in total. The van der Waals surface area contributed by atoms with E-state index in [0.717, 1.165) is 41.3 Å². The molecule has 1 saturated heterocycles. The lowest BCUT2D eigenvalue weighted by Gasteiger charge is -2.31. The van der Waals surface area contributed by atoms with Gasteiger partial charge in [-0.3, -0.25) is 0 Å². The molecule has 21 heavy (non-hydrogen) atoms. The Balaban J connectivity index is 1.56. The number of hydrogen-bond donors (Lipinski definition) is 1. The molecule has 2 amide bonds. The number of aromatic nitrogens is 1. The van der Waals surface area contributed by atoms with Gasteiger partial charge < -0.3 is 15.0 Å². The Labute approximate surface area is 127 Å². The predicted molar refractivity (Wildman–Crippen MR) is 83.9 cm³/mol. The summed E-state index contributed by atoms with van der Waals surface area (Å²) in [4.78, 5) is 18.1. The van der Waals surface area contributed by atoms with Crippen molar-refractivity contribution in [2.75, 3.05) is 19.6 Å². The number of likely N-dealkylation sites (tertiary alicyclic amines) is 1. The normalized spacial score (nSPS) is 16.1. The van der Waals surface area contributed by atoms with Gasteiger partial charge in [0, 0.05) is 32.5 Å². The Bertz CT molecular complexity index is 587.